The van der Waals surface area contributed by atoms with Crippen molar-refractivity contribution in [1.82, 2.24) is 0 Å². The molecule has 58 valence electrons. The molecule has 0 aromatic carbocycles. The predicted octanol–water partition coefficient (Wildman–Crippen LogP) is 2.21. The van der Waals surface area contributed by atoms with E-state index in [1.807, 2.05) is 0 Å². The van der Waals surface area contributed by atoms with E-state index in [-0.39, 0.29) is 0 Å². The summed E-state index contributed by atoms with van der Waals surface area (Å²) in [5, 5.41) is 0. The topological polar surface area (TPSA) is 9.23 Å². The molecule has 1 unspecified atom stereocenters. The van der Waals surface area contributed by atoms with Crippen molar-refractivity contribution >= 4 is 0 Å². The summed E-state index contributed by atoms with van der Waals surface area (Å²) in [6.07, 6.45) is 5.61. The zero-order valence-corrected chi connectivity index (χ0v) is 6.73. The molecular formula is C9H16O. The van der Waals surface area contributed by atoms with Gasteiger partial charge in [0.05, 0.1) is 6.61 Å². The van der Waals surface area contributed by atoms with E-state index in [4.69, 9.17) is 4.74 Å². The summed E-state index contributed by atoms with van der Waals surface area (Å²) in [6.45, 7) is 4.44. The lowest BCUT2D eigenvalue weighted by Gasteiger charge is -2.19. The SMILES string of the molecule is C[C@H]1CCC2(CCOC2)C1. The number of hydrogen-bond donors (Lipinski definition) is 0. The molecule has 2 rings (SSSR count). The molecule has 2 atom stereocenters. The Morgan fingerprint density at radius 3 is 2.80 bits per heavy atom. The summed E-state index contributed by atoms with van der Waals surface area (Å²) in [5.74, 6) is 0.960. The third-order valence-corrected chi connectivity index (χ3v) is 3.13. The molecule has 1 spiro atoms. The zero-order chi connectivity index (χ0) is 7.03. The highest BCUT2D eigenvalue weighted by Gasteiger charge is 2.40. The first kappa shape index (κ1) is 6.66. The lowest BCUT2D eigenvalue weighted by Crippen LogP contribution is -2.15. The monoisotopic (exact) mass is 140 g/mol. The van der Waals surface area contributed by atoms with Gasteiger partial charge in [0.1, 0.15) is 0 Å². The van der Waals surface area contributed by atoms with E-state index in [1.165, 1.54) is 25.7 Å². The van der Waals surface area contributed by atoms with Crippen molar-refractivity contribution in [3.05, 3.63) is 0 Å². The summed E-state index contributed by atoms with van der Waals surface area (Å²) in [4.78, 5) is 0. The Morgan fingerprint density at radius 2 is 2.30 bits per heavy atom. The van der Waals surface area contributed by atoms with Crippen LogP contribution in [0.4, 0.5) is 0 Å². The van der Waals surface area contributed by atoms with Crippen LogP contribution >= 0.6 is 0 Å². The molecule has 0 aromatic heterocycles. The van der Waals surface area contributed by atoms with Crippen LogP contribution in [0.5, 0.6) is 0 Å². The van der Waals surface area contributed by atoms with Crippen LogP contribution in [0.15, 0.2) is 0 Å². The summed E-state index contributed by atoms with van der Waals surface area (Å²) >= 11 is 0. The maximum absolute atomic E-state index is 5.43. The van der Waals surface area contributed by atoms with E-state index in [2.05, 4.69) is 6.92 Å². The number of hydrogen-bond acceptors (Lipinski definition) is 1. The molecule has 2 fully saturated rings. The molecule has 1 heteroatoms. The largest absolute Gasteiger partial charge is 0.381 e. The molecule has 1 aliphatic carbocycles. The molecule has 1 saturated carbocycles. The van der Waals surface area contributed by atoms with Crippen LogP contribution in [0.2, 0.25) is 0 Å². The molecule has 1 aliphatic heterocycles. The molecule has 1 saturated heterocycles. The lowest BCUT2D eigenvalue weighted by atomic mass is 9.85. The highest BCUT2D eigenvalue weighted by molar-refractivity contribution is 4.90. The highest BCUT2D eigenvalue weighted by Crippen LogP contribution is 2.46. The molecule has 0 radical (unpaired) electrons. The third-order valence-electron chi connectivity index (χ3n) is 3.13. The molecule has 0 amide bonds. The van der Waals surface area contributed by atoms with Gasteiger partial charge in [-0.05, 0) is 30.6 Å². The van der Waals surface area contributed by atoms with Crippen LogP contribution in [0, 0.1) is 11.3 Å². The second-order valence-electron chi connectivity index (χ2n) is 4.15. The highest BCUT2D eigenvalue weighted by atomic mass is 16.5. The fraction of sp³-hybridized carbons (Fsp3) is 1.00. The molecule has 0 aromatic rings. The van der Waals surface area contributed by atoms with Crippen LogP contribution in [0.3, 0.4) is 0 Å². The van der Waals surface area contributed by atoms with Crippen molar-refractivity contribution in [2.24, 2.45) is 11.3 Å². The van der Waals surface area contributed by atoms with Crippen molar-refractivity contribution < 1.29 is 4.74 Å². The average Bonchev–Trinajstić information content (AvgIpc) is 2.46. The summed E-state index contributed by atoms with van der Waals surface area (Å²) in [5.41, 5.74) is 0.638. The van der Waals surface area contributed by atoms with Gasteiger partial charge in [-0.3, -0.25) is 0 Å². The molecule has 0 bridgehead atoms. The van der Waals surface area contributed by atoms with Crippen molar-refractivity contribution in [1.29, 1.82) is 0 Å². The molecular weight excluding hydrogens is 124 g/mol. The van der Waals surface area contributed by atoms with Gasteiger partial charge in [0, 0.05) is 6.61 Å². The second-order valence-corrected chi connectivity index (χ2v) is 4.15. The lowest BCUT2D eigenvalue weighted by molar-refractivity contribution is 0.152. The van der Waals surface area contributed by atoms with E-state index in [0.29, 0.717) is 5.41 Å². The van der Waals surface area contributed by atoms with E-state index in [0.717, 1.165) is 19.1 Å². The standard InChI is InChI=1S/C9H16O/c1-8-2-3-9(6-8)4-5-10-7-9/h8H,2-7H2,1H3/t8-,9?/m0/s1. The molecule has 2 aliphatic rings. The van der Waals surface area contributed by atoms with Gasteiger partial charge >= 0.3 is 0 Å². The predicted molar refractivity (Wildman–Crippen MR) is 40.9 cm³/mol. The Bertz CT molecular complexity index is 125. The van der Waals surface area contributed by atoms with E-state index in [9.17, 15) is 0 Å². The first-order chi connectivity index (χ1) is 4.81. The van der Waals surface area contributed by atoms with Gasteiger partial charge in [0.15, 0.2) is 0 Å². The van der Waals surface area contributed by atoms with Gasteiger partial charge in [0.2, 0.25) is 0 Å². The summed E-state index contributed by atoms with van der Waals surface area (Å²) in [6, 6.07) is 0. The normalized spacial score (nSPS) is 47.1. The van der Waals surface area contributed by atoms with Gasteiger partial charge < -0.3 is 4.74 Å². The Labute approximate surface area is 62.8 Å². The van der Waals surface area contributed by atoms with Crippen LogP contribution in [-0.2, 0) is 4.74 Å². The Morgan fingerprint density at radius 1 is 1.40 bits per heavy atom. The Hall–Kier alpha value is -0.0400. The molecule has 10 heavy (non-hydrogen) atoms. The van der Waals surface area contributed by atoms with Gasteiger partial charge in [-0.1, -0.05) is 13.3 Å². The van der Waals surface area contributed by atoms with Gasteiger partial charge in [0.25, 0.3) is 0 Å². The van der Waals surface area contributed by atoms with Gasteiger partial charge in [-0.25, -0.2) is 0 Å². The number of rotatable bonds is 0. The fourth-order valence-electron chi connectivity index (χ4n) is 2.50. The summed E-state index contributed by atoms with van der Waals surface area (Å²) < 4.78 is 5.43. The van der Waals surface area contributed by atoms with Crippen molar-refractivity contribution in [2.45, 2.75) is 32.6 Å². The minimum Gasteiger partial charge on any atom is -0.381 e. The first-order valence-electron chi connectivity index (χ1n) is 4.39. The minimum atomic E-state index is 0.638. The van der Waals surface area contributed by atoms with Gasteiger partial charge in [-0.15, -0.1) is 0 Å². The average molecular weight is 140 g/mol. The van der Waals surface area contributed by atoms with Crippen LogP contribution < -0.4 is 0 Å². The summed E-state index contributed by atoms with van der Waals surface area (Å²) in [7, 11) is 0. The van der Waals surface area contributed by atoms with E-state index < -0.39 is 0 Å². The van der Waals surface area contributed by atoms with Crippen LogP contribution in [0.25, 0.3) is 0 Å². The second kappa shape index (κ2) is 2.23. The van der Waals surface area contributed by atoms with Gasteiger partial charge in [-0.2, -0.15) is 0 Å². The smallest absolute Gasteiger partial charge is 0.0523 e. The molecule has 1 nitrogen and oxygen atoms in total. The maximum atomic E-state index is 5.43. The quantitative estimate of drug-likeness (QED) is 0.501. The molecule has 0 N–H and O–H groups in total. The van der Waals surface area contributed by atoms with Crippen molar-refractivity contribution in [3.63, 3.8) is 0 Å². The van der Waals surface area contributed by atoms with Crippen molar-refractivity contribution in [3.8, 4) is 0 Å². The molecule has 1 heterocycles. The Balaban J connectivity index is 2.03. The van der Waals surface area contributed by atoms with Crippen molar-refractivity contribution in [2.75, 3.05) is 13.2 Å². The van der Waals surface area contributed by atoms with Crippen LogP contribution in [-0.4, -0.2) is 13.2 Å². The first-order valence-corrected chi connectivity index (χ1v) is 4.39. The van der Waals surface area contributed by atoms with Crippen LogP contribution in [0.1, 0.15) is 32.6 Å². The fourth-order valence-corrected chi connectivity index (χ4v) is 2.50. The maximum Gasteiger partial charge on any atom is 0.0523 e. The number of ether oxygens (including phenoxy) is 1. The van der Waals surface area contributed by atoms with E-state index >= 15 is 0 Å². The Kier molecular flexibility index (Phi) is 1.48. The third kappa shape index (κ3) is 0.968. The zero-order valence-electron chi connectivity index (χ0n) is 6.73. The van der Waals surface area contributed by atoms with E-state index in [1.54, 1.807) is 0 Å². The minimum absolute atomic E-state index is 0.638.